The highest BCUT2D eigenvalue weighted by atomic mass is 19.1. The number of pyridine rings is 1. The highest BCUT2D eigenvalue weighted by Gasteiger charge is 2.26. The predicted molar refractivity (Wildman–Crippen MR) is 115 cm³/mol. The summed E-state index contributed by atoms with van der Waals surface area (Å²) in [6.45, 7) is 1.21. The van der Waals surface area contributed by atoms with Crippen molar-refractivity contribution >= 4 is 28.7 Å². The number of nitrogens with zero attached hydrogens (tertiary/aromatic N) is 5. The molecule has 0 radical (unpaired) electrons. The average Bonchev–Trinajstić information content (AvgIpc) is 2.82. The van der Waals surface area contributed by atoms with Crippen molar-refractivity contribution in [3.63, 3.8) is 0 Å². The predicted octanol–water partition coefficient (Wildman–Crippen LogP) is 0.761. The Balaban J connectivity index is 1.46. The van der Waals surface area contributed by atoms with Crippen molar-refractivity contribution in [1.82, 2.24) is 23.9 Å². The van der Waals surface area contributed by atoms with Crippen LogP contribution in [0.25, 0.3) is 11.0 Å². The van der Waals surface area contributed by atoms with Gasteiger partial charge in [0.25, 0.3) is 11.5 Å². The van der Waals surface area contributed by atoms with Gasteiger partial charge in [-0.25, -0.2) is 19.0 Å². The number of carbonyl (C=O) groups excluding carboxylic acids is 2. The molecule has 11 heteroatoms. The maximum Gasteiger partial charge on any atom is 0.332 e. The first-order valence-corrected chi connectivity index (χ1v) is 9.94. The molecule has 1 aliphatic rings. The van der Waals surface area contributed by atoms with Gasteiger partial charge in [-0.05, 0) is 36.4 Å². The van der Waals surface area contributed by atoms with Crippen molar-refractivity contribution in [3.8, 4) is 0 Å². The Morgan fingerprint density at radius 3 is 2.19 bits per heavy atom. The highest BCUT2D eigenvalue weighted by molar-refractivity contribution is 5.95. The number of nitrogens with one attached hydrogen (secondary N) is 1. The molecule has 0 unspecified atom stereocenters. The average molecular weight is 440 g/mol. The number of amides is 3. The van der Waals surface area contributed by atoms with E-state index in [4.69, 9.17) is 0 Å². The molecule has 4 rings (SSSR count). The highest BCUT2D eigenvalue weighted by Crippen LogP contribution is 2.13. The molecule has 0 atom stereocenters. The molecule has 32 heavy (non-hydrogen) atoms. The summed E-state index contributed by atoms with van der Waals surface area (Å²) < 4.78 is 15.2. The second-order valence-corrected chi connectivity index (χ2v) is 7.49. The zero-order chi connectivity index (χ0) is 23.0. The maximum atomic E-state index is 13.0. The summed E-state index contributed by atoms with van der Waals surface area (Å²) in [7, 11) is 2.87. The van der Waals surface area contributed by atoms with E-state index in [2.05, 4.69) is 10.3 Å². The third-order valence-corrected chi connectivity index (χ3v) is 5.47. The van der Waals surface area contributed by atoms with Gasteiger partial charge in [-0.1, -0.05) is 0 Å². The SMILES string of the molecule is Cn1c(=O)c2ccc(C(=O)N3CCN(C(=O)Nc4ccc(F)cc4)CC3)nc2n(C)c1=O. The van der Waals surface area contributed by atoms with Gasteiger partial charge < -0.3 is 15.1 Å². The number of carbonyl (C=O) groups is 2. The van der Waals surface area contributed by atoms with E-state index in [0.717, 1.165) is 4.57 Å². The first-order chi connectivity index (χ1) is 15.3. The Hall–Kier alpha value is -4.02. The third-order valence-electron chi connectivity index (χ3n) is 5.47. The van der Waals surface area contributed by atoms with Gasteiger partial charge in [0.15, 0.2) is 0 Å². The summed E-state index contributed by atoms with van der Waals surface area (Å²) >= 11 is 0. The van der Waals surface area contributed by atoms with Crippen LogP contribution in [0, 0.1) is 5.82 Å². The number of hydrogen-bond donors (Lipinski definition) is 1. The summed E-state index contributed by atoms with van der Waals surface area (Å²) in [5.74, 6) is -0.739. The standard InChI is InChI=1S/C21H21FN6O4/c1-25-17-15(18(29)26(2)21(25)32)7-8-16(24-17)19(30)27-9-11-28(12-10-27)20(31)23-14-5-3-13(22)4-6-14/h3-8H,9-12H2,1-2H3,(H,23,31). The van der Waals surface area contributed by atoms with Crippen molar-refractivity contribution in [2.45, 2.75) is 0 Å². The zero-order valence-corrected chi connectivity index (χ0v) is 17.5. The minimum atomic E-state index is -0.527. The molecule has 1 aromatic carbocycles. The van der Waals surface area contributed by atoms with Gasteiger partial charge in [-0.3, -0.25) is 18.7 Å². The molecule has 166 valence electrons. The van der Waals surface area contributed by atoms with E-state index >= 15 is 0 Å². The molecular formula is C21H21FN6O4. The van der Waals surface area contributed by atoms with Crippen molar-refractivity contribution in [2.75, 3.05) is 31.5 Å². The quantitative estimate of drug-likeness (QED) is 0.633. The van der Waals surface area contributed by atoms with Crippen LogP contribution in [0.15, 0.2) is 46.0 Å². The van der Waals surface area contributed by atoms with E-state index in [1.165, 1.54) is 55.1 Å². The van der Waals surface area contributed by atoms with Crippen LogP contribution in [0.2, 0.25) is 0 Å². The molecule has 0 bridgehead atoms. The number of hydrogen-bond acceptors (Lipinski definition) is 5. The minimum Gasteiger partial charge on any atom is -0.334 e. The third kappa shape index (κ3) is 3.84. The molecule has 3 heterocycles. The van der Waals surface area contributed by atoms with Crippen LogP contribution >= 0.6 is 0 Å². The lowest BCUT2D eigenvalue weighted by Gasteiger charge is -2.34. The van der Waals surface area contributed by atoms with E-state index in [9.17, 15) is 23.6 Å². The maximum absolute atomic E-state index is 13.0. The number of halogens is 1. The number of aryl methyl sites for hydroxylation is 1. The Morgan fingerprint density at radius 2 is 1.53 bits per heavy atom. The van der Waals surface area contributed by atoms with Crippen LogP contribution in [-0.4, -0.2) is 62.0 Å². The number of rotatable bonds is 2. The minimum absolute atomic E-state index is 0.116. The summed E-state index contributed by atoms with van der Waals surface area (Å²) in [4.78, 5) is 57.2. The summed E-state index contributed by atoms with van der Waals surface area (Å²) in [5, 5.41) is 2.94. The van der Waals surface area contributed by atoms with E-state index < -0.39 is 17.1 Å². The Labute approximate surface area is 181 Å². The Bertz CT molecular complexity index is 1320. The second kappa shape index (κ2) is 8.25. The van der Waals surface area contributed by atoms with Crippen LogP contribution in [0.4, 0.5) is 14.9 Å². The van der Waals surface area contributed by atoms with E-state index in [1.807, 2.05) is 0 Å². The number of fused-ring (bicyclic) bond motifs is 1. The van der Waals surface area contributed by atoms with Crippen LogP contribution in [0.5, 0.6) is 0 Å². The molecular weight excluding hydrogens is 419 g/mol. The number of benzene rings is 1. The van der Waals surface area contributed by atoms with Gasteiger partial charge in [-0.2, -0.15) is 0 Å². The van der Waals surface area contributed by atoms with Gasteiger partial charge in [0.05, 0.1) is 5.39 Å². The second-order valence-electron chi connectivity index (χ2n) is 7.49. The molecule has 1 N–H and O–H groups in total. The monoisotopic (exact) mass is 440 g/mol. The topological polar surface area (TPSA) is 110 Å². The first kappa shape index (κ1) is 21.2. The zero-order valence-electron chi connectivity index (χ0n) is 17.5. The molecule has 1 saturated heterocycles. The first-order valence-electron chi connectivity index (χ1n) is 9.94. The lowest BCUT2D eigenvalue weighted by Crippen LogP contribution is -2.51. The lowest BCUT2D eigenvalue weighted by molar-refractivity contribution is 0.0666. The largest absolute Gasteiger partial charge is 0.334 e. The van der Waals surface area contributed by atoms with E-state index in [1.54, 1.807) is 9.80 Å². The smallest absolute Gasteiger partial charge is 0.332 e. The summed E-state index contributed by atoms with van der Waals surface area (Å²) in [5.41, 5.74) is -0.269. The molecule has 0 saturated carbocycles. The van der Waals surface area contributed by atoms with Gasteiger partial charge in [0.2, 0.25) is 0 Å². The molecule has 0 spiro atoms. The molecule has 2 aromatic heterocycles. The van der Waals surface area contributed by atoms with Gasteiger partial charge in [-0.15, -0.1) is 0 Å². The van der Waals surface area contributed by atoms with Crippen LogP contribution in [0.3, 0.4) is 0 Å². The van der Waals surface area contributed by atoms with Crippen molar-refractivity contribution in [1.29, 1.82) is 0 Å². The molecule has 10 nitrogen and oxygen atoms in total. The van der Waals surface area contributed by atoms with Crippen LogP contribution in [0.1, 0.15) is 10.5 Å². The van der Waals surface area contributed by atoms with Crippen molar-refractivity contribution in [2.24, 2.45) is 14.1 Å². The fourth-order valence-electron chi connectivity index (χ4n) is 3.58. The van der Waals surface area contributed by atoms with Gasteiger partial charge in [0.1, 0.15) is 17.2 Å². The lowest BCUT2D eigenvalue weighted by atomic mass is 10.2. The summed E-state index contributed by atoms with van der Waals surface area (Å²) in [6, 6.07) is 8.08. The number of anilines is 1. The van der Waals surface area contributed by atoms with Crippen LogP contribution in [-0.2, 0) is 14.1 Å². The molecule has 1 aliphatic heterocycles. The number of aromatic nitrogens is 3. The Morgan fingerprint density at radius 1 is 0.906 bits per heavy atom. The van der Waals surface area contributed by atoms with Crippen LogP contribution < -0.4 is 16.6 Å². The van der Waals surface area contributed by atoms with E-state index in [-0.39, 0.29) is 28.7 Å². The summed E-state index contributed by atoms with van der Waals surface area (Å²) in [6.07, 6.45) is 0. The van der Waals surface area contributed by atoms with E-state index in [0.29, 0.717) is 31.9 Å². The molecule has 3 amide bonds. The van der Waals surface area contributed by atoms with Gasteiger partial charge >= 0.3 is 11.7 Å². The molecule has 1 fully saturated rings. The Kier molecular flexibility index (Phi) is 5.47. The normalized spacial score (nSPS) is 14.0. The fourth-order valence-corrected chi connectivity index (χ4v) is 3.58. The van der Waals surface area contributed by atoms with Crippen molar-refractivity contribution < 1.29 is 14.0 Å². The van der Waals surface area contributed by atoms with Gasteiger partial charge in [0, 0.05) is 46.0 Å². The number of piperazine rings is 1. The molecule has 0 aliphatic carbocycles. The fraction of sp³-hybridized carbons (Fsp3) is 0.286. The number of urea groups is 1. The molecule has 3 aromatic rings. The van der Waals surface area contributed by atoms with Crippen molar-refractivity contribution in [3.05, 3.63) is 68.7 Å².